The number of hydrogen-bond donors (Lipinski definition) is 0. The van der Waals surface area contributed by atoms with Crippen LogP contribution in [0.4, 0.5) is 17.6 Å². The number of hydrogen-bond acceptors (Lipinski definition) is 4. The Morgan fingerprint density at radius 2 is 1.95 bits per heavy atom. The van der Waals surface area contributed by atoms with Crippen molar-refractivity contribution in [2.45, 2.75) is 6.36 Å². The van der Waals surface area contributed by atoms with Crippen LogP contribution in [0.3, 0.4) is 0 Å². The maximum atomic E-state index is 13.2. The van der Waals surface area contributed by atoms with Crippen LogP contribution in [0, 0.1) is 5.95 Å². The first-order chi connectivity index (χ1) is 10.3. The van der Waals surface area contributed by atoms with Gasteiger partial charge in [0, 0.05) is 17.8 Å². The van der Waals surface area contributed by atoms with Crippen molar-refractivity contribution in [3.8, 4) is 16.9 Å². The molecule has 22 heavy (non-hydrogen) atoms. The quantitative estimate of drug-likeness (QED) is 0.493. The molecular weight excluding hydrogens is 306 g/mol. The number of carbonyl (C=O) groups excluding carboxylic acids is 1. The Balaban J connectivity index is 2.48. The summed E-state index contributed by atoms with van der Waals surface area (Å²) >= 11 is 0. The molecule has 0 saturated heterocycles. The minimum atomic E-state index is -4.84. The van der Waals surface area contributed by atoms with Crippen LogP contribution >= 0.6 is 0 Å². The van der Waals surface area contributed by atoms with E-state index in [0.29, 0.717) is 0 Å². The van der Waals surface area contributed by atoms with Gasteiger partial charge in [-0.25, -0.2) is 9.78 Å². The first-order valence-corrected chi connectivity index (χ1v) is 5.90. The SMILES string of the molecule is COC(=O)c1cc(F)ncc1-c1cccc(OC(F)(F)F)c1. The first-order valence-electron chi connectivity index (χ1n) is 5.90. The van der Waals surface area contributed by atoms with E-state index >= 15 is 0 Å². The summed E-state index contributed by atoms with van der Waals surface area (Å²) in [5.41, 5.74) is 0.176. The first kappa shape index (κ1) is 15.7. The largest absolute Gasteiger partial charge is 0.573 e. The molecule has 2 aromatic rings. The summed E-state index contributed by atoms with van der Waals surface area (Å²) in [6.07, 6.45) is -3.81. The second-order valence-electron chi connectivity index (χ2n) is 4.12. The lowest BCUT2D eigenvalue weighted by atomic mass is 10.0. The third kappa shape index (κ3) is 3.72. The number of esters is 1. The Kier molecular flexibility index (Phi) is 4.30. The maximum absolute atomic E-state index is 13.2. The van der Waals surface area contributed by atoms with Gasteiger partial charge in [-0.05, 0) is 17.7 Å². The van der Waals surface area contributed by atoms with Crippen LogP contribution in [0.15, 0.2) is 36.5 Å². The summed E-state index contributed by atoms with van der Waals surface area (Å²) in [5, 5.41) is 0. The molecule has 0 aliphatic carbocycles. The normalized spacial score (nSPS) is 11.1. The molecule has 0 fully saturated rings. The molecule has 2 rings (SSSR count). The summed E-state index contributed by atoms with van der Waals surface area (Å²) in [6.45, 7) is 0. The average Bonchev–Trinajstić information content (AvgIpc) is 2.44. The summed E-state index contributed by atoms with van der Waals surface area (Å²) in [5.74, 6) is -2.21. The molecule has 1 heterocycles. The van der Waals surface area contributed by atoms with Crippen molar-refractivity contribution in [3.63, 3.8) is 0 Å². The van der Waals surface area contributed by atoms with E-state index in [1.807, 2.05) is 0 Å². The third-order valence-corrected chi connectivity index (χ3v) is 2.65. The van der Waals surface area contributed by atoms with Gasteiger partial charge in [0.15, 0.2) is 0 Å². The molecule has 0 atom stereocenters. The van der Waals surface area contributed by atoms with Gasteiger partial charge in [0.05, 0.1) is 12.7 Å². The molecule has 0 bridgehead atoms. The number of carbonyl (C=O) groups is 1. The predicted molar refractivity (Wildman–Crippen MR) is 67.7 cm³/mol. The Morgan fingerprint density at radius 3 is 2.59 bits per heavy atom. The zero-order valence-electron chi connectivity index (χ0n) is 11.1. The maximum Gasteiger partial charge on any atom is 0.573 e. The molecule has 1 aromatic heterocycles. The Morgan fingerprint density at radius 1 is 1.23 bits per heavy atom. The monoisotopic (exact) mass is 315 g/mol. The molecule has 0 saturated carbocycles. The van der Waals surface area contributed by atoms with Crippen molar-refractivity contribution in [1.29, 1.82) is 0 Å². The summed E-state index contributed by atoms with van der Waals surface area (Å²) in [7, 11) is 1.10. The van der Waals surface area contributed by atoms with E-state index in [-0.39, 0.29) is 16.7 Å². The summed E-state index contributed by atoms with van der Waals surface area (Å²) in [4.78, 5) is 15.0. The van der Waals surface area contributed by atoms with Gasteiger partial charge < -0.3 is 9.47 Å². The molecule has 0 unspecified atom stereocenters. The molecule has 0 amide bonds. The number of nitrogens with zero attached hydrogens (tertiary/aromatic N) is 1. The fourth-order valence-corrected chi connectivity index (χ4v) is 1.80. The number of methoxy groups -OCH3 is 1. The van der Waals surface area contributed by atoms with Crippen LogP contribution in [-0.4, -0.2) is 24.4 Å². The molecule has 0 spiro atoms. The molecule has 116 valence electrons. The second-order valence-corrected chi connectivity index (χ2v) is 4.12. The molecule has 1 aromatic carbocycles. The zero-order chi connectivity index (χ0) is 16.3. The van der Waals surface area contributed by atoms with Crippen LogP contribution in [0.5, 0.6) is 5.75 Å². The molecular formula is C14H9F4NO3. The minimum Gasteiger partial charge on any atom is -0.465 e. The number of alkyl halides is 3. The molecule has 0 aliphatic heterocycles. The number of pyridine rings is 1. The lowest BCUT2D eigenvalue weighted by molar-refractivity contribution is -0.274. The fraction of sp³-hybridized carbons (Fsp3) is 0.143. The fourth-order valence-electron chi connectivity index (χ4n) is 1.80. The summed E-state index contributed by atoms with van der Waals surface area (Å²) < 4.78 is 58.2. The Bertz CT molecular complexity index is 701. The highest BCUT2D eigenvalue weighted by Gasteiger charge is 2.31. The van der Waals surface area contributed by atoms with Crippen molar-refractivity contribution in [2.24, 2.45) is 0 Å². The van der Waals surface area contributed by atoms with Gasteiger partial charge >= 0.3 is 12.3 Å². The second kappa shape index (κ2) is 6.00. The number of aromatic nitrogens is 1. The van der Waals surface area contributed by atoms with Gasteiger partial charge in [-0.3, -0.25) is 0 Å². The van der Waals surface area contributed by atoms with Gasteiger partial charge in [-0.15, -0.1) is 13.2 Å². The van der Waals surface area contributed by atoms with E-state index in [1.54, 1.807) is 0 Å². The van der Waals surface area contributed by atoms with Crippen molar-refractivity contribution in [2.75, 3.05) is 7.11 Å². The van der Waals surface area contributed by atoms with Gasteiger partial charge in [-0.1, -0.05) is 12.1 Å². The minimum absolute atomic E-state index is 0.126. The van der Waals surface area contributed by atoms with Crippen molar-refractivity contribution < 1.29 is 31.8 Å². The number of rotatable bonds is 3. The molecule has 0 aliphatic rings. The lowest BCUT2D eigenvalue weighted by Gasteiger charge is -2.11. The van der Waals surface area contributed by atoms with E-state index in [2.05, 4.69) is 14.5 Å². The molecule has 0 N–H and O–H groups in total. The Labute approximate surface area is 122 Å². The van der Waals surface area contributed by atoms with Crippen molar-refractivity contribution in [1.82, 2.24) is 4.98 Å². The van der Waals surface area contributed by atoms with Crippen LogP contribution in [-0.2, 0) is 4.74 Å². The highest BCUT2D eigenvalue weighted by atomic mass is 19.4. The number of benzene rings is 1. The van der Waals surface area contributed by atoms with Gasteiger partial charge in [-0.2, -0.15) is 4.39 Å². The van der Waals surface area contributed by atoms with E-state index in [9.17, 15) is 22.4 Å². The lowest BCUT2D eigenvalue weighted by Crippen LogP contribution is -2.17. The smallest absolute Gasteiger partial charge is 0.465 e. The van der Waals surface area contributed by atoms with Crippen LogP contribution in [0.2, 0.25) is 0 Å². The molecule has 0 radical (unpaired) electrons. The topological polar surface area (TPSA) is 48.4 Å². The number of halogens is 4. The van der Waals surface area contributed by atoms with Gasteiger partial charge in [0.1, 0.15) is 5.75 Å². The van der Waals surface area contributed by atoms with Crippen molar-refractivity contribution >= 4 is 5.97 Å². The van der Waals surface area contributed by atoms with E-state index < -0.39 is 24.0 Å². The highest BCUT2D eigenvalue weighted by Crippen LogP contribution is 2.30. The average molecular weight is 315 g/mol. The predicted octanol–water partition coefficient (Wildman–Crippen LogP) is 3.57. The van der Waals surface area contributed by atoms with E-state index in [4.69, 9.17) is 0 Å². The Hall–Kier alpha value is -2.64. The van der Waals surface area contributed by atoms with Gasteiger partial charge in [0.2, 0.25) is 5.95 Å². The molecule has 4 nitrogen and oxygen atoms in total. The number of ether oxygens (including phenoxy) is 2. The van der Waals surface area contributed by atoms with E-state index in [1.165, 1.54) is 12.1 Å². The van der Waals surface area contributed by atoms with Crippen LogP contribution in [0.1, 0.15) is 10.4 Å². The molecule has 8 heteroatoms. The van der Waals surface area contributed by atoms with E-state index in [0.717, 1.165) is 31.5 Å². The zero-order valence-corrected chi connectivity index (χ0v) is 11.1. The van der Waals surface area contributed by atoms with Gasteiger partial charge in [0.25, 0.3) is 0 Å². The third-order valence-electron chi connectivity index (χ3n) is 2.65. The highest BCUT2D eigenvalue weighted by molar-refractivity contribution is 5.97. The van der Waals surface area contributed by atoms with Crippen LogP contribution in [0.25, 0.3) is 11.1 Å². The van der Waals surface area contributed by atoms with Crippen molar-refractivity contribution in [3.05, 3.63) is 48.0 Å². The standard InChI is InChI=1S/C14H9F4NO3/c1-21-13(20)10-6-12(15)19-7-11(10)8-3-2-4-9(5-8)22-14(16,17)18/h2-7H,1H3. The van der Waals surface area contributed by atoms with Crippen LogP contribution < -0.4 is 4.74 Å². The summed E-state index contributed by atoms with van der Waals surface area (Å²) in [6, 6.07) is 5.75.